The molecule has 0 aromatic carbocycles. The first-order valence-corrected chi connectivity index (χ1v) is 6.26. The fourth-order valence-electron chi connectivity index (χ4n) is 3.19. The summed E-state index contributed by atoms with van der Waals surface area (Å²) in [5, 5.41) is 3.05. The second-order valence-electron chi connectivity index (χ2n) is 5.59. The summed E-state index contributed by atoms with van der Waals surface area (Å²) < 4.78 is 0. The Bertz CT molecular complexity index is 269. The Morgan fingerprint density at radius 1 is 1.44 bits per heavy atom. The zero-order chi connectivity index (χ0) is 11.8. The Balaban J connectivity index is 1.93. The number of likely N-dealkylation sites (N-methyl/N-ethyl adjacent to an activating group) is 1. The van der Waals surface area contributed by atoms with Gasteiger partial charge in [-0.15, -0.1) is 0 Å². The highest BCUT2D eigenvalue weighted by Crippen LogP contribution is 2.37. The van der Waals surface area contributed by atoms with E-state index in [2.05, 4.69) is 10.2 Å². The lowest BCUT2D eigenvalue weighted by atomic mass is 10.0. The van der Waals surface area contributed by atoms with Crippen LogP contribution in [0.2, 0.25) is 0 Å². The second kappa shape index (κ2) is 4.34. The highest BCUT2D eigenvalue weighted by atomic mass is 16.1. The molecule has 0 spiro atoms. The molecule has 1 aliphatic heterocycles. The van der Waals surface area contributed by atoms with Crippen LogP contribution in [-0.2, 0) is 4.79 Å². The molecule has 3 unspecified atom stereocenters. The van der Waals surface area contributed by atoms with Crippen LogP contribution in [0, 0.1) is 11.8 Å². The van der Waals surface area contributed by atoms with E-state index in [0.717, 1.165) is 31.5 Å². The average molecular weight is 225 g/mol. The fraction of sp³-hybridized carbons (Fsp3) is 0.917. The van der Waals surface area contributed by atoms with Crippen LogP contribution in [0.25, 0.3) is 0 Å². The van der Waals surface area contributed by atoms with Gasteiger partial charge in [-0.05, 0) is 38.6 Å². The number of rotatable bonds is 4. The van der Waals surface area contributed by atoms with Crippen molar-refractivity contribution >= 4 is 5.91 Å². The van der Waals surface area contributed by atoms with Crippen LogP contribution in [0.1, 0.15) is 26.2 Å². The molecule has 0 bridgehead atoms. The number of nitrogens with one attached hydrogen (secondary N) is 1. The minimum absolute atomic E-state index is 0.257. The van der Waals surface area contributed by atoms with Gasteiger partial charge in [0.2, 0.25) is 5.91 Å². The van der Waals surface area contributed by atoms with Crippen LogP contribution >= 0.6 is 0 Å². The molecule has 3 atom stereocenters. The van der Waals surface area contributed by atoms with E-state index >= 15 is 0 Å². The smallest absolute Gasteiger partial charge is 0.238 e. The molecule has 4 nitrogen and oxygen atoms in total. The molecule has 4 heteroatoms. The zero-order valence-electron chi connectivity index (χ0n) is 10.3. The number of fused-ring (bicyclic) bond motifs is 1. The lowest BCUT2D eigenvalue weighted by Crippen LogP contribution is -2.58. The summed E-state index contributed by atoms with van der Waals surface area (Å²) in [6.07, 6.45) is 4.13. The number of nitrogens with zero attached hydrogens (tertiary/aromatic N) is 1. The number of amides is 1. The number of nitrogens with two attached hydrogens (primary N) is 1. The lowest BCUT2D eigenvalue weighted by molar-refractivity contribution is -0.124. The van der Waals surface area contributed by atoms with E-state index in [-0.39, 0.29) is 5.91 Å². The summed E-state index contributed by atoms with van der Waals surface area (Å²) in [7, 11) is 1.81. The number of likely N-dealkylation sites (tertiary alicyclic amines) is 1. The van der Waals surface area contributed by atoms with Gasteiger partial charge in [0.05, 0.1) is 0 Å². The van der Waals surface area contributed by atoms with Gasteiger partial charge in [-0.1, -0.05) is 6.42 Å². The fourth-order valence-corrected chi connectivity index (χ4v) is 3.19. The summed E-state index contributed by atoms with van der Waals surface area (Å²) in [5.74, 6) is 1.48. The molecule has 2 rings (SSSR count). The van der Waals surface area contributed by atoms with Gasteiger partial charge in [-0.3, -0.25) is 4.79 Å². The topological polar surface area (TPSA) is 58.4 Å². The first-order chi connectivity index (χ1) is 7.55. The van der Waals surface area contributed by atoms with Crippen LogP contribution in [-0.4, -0.2) is 43.0 Å². The summed E-state index contributed by atoms with van der Waals surface area (Å²) in [6.45, 7) is 4.93. The number of hydrogen-bond donors (Lipinski definition) is 2. The maximum absolute atomic E-state index is 11.4. The van der Waals surface area contributed by atoms with Crippen molar-refractivity contribution in [3.63, 3.8) is 0 Å². The highest BCUT2D eigenvalue weighted by Gasteiger charge is 2.40. The molecule has 1 heterocycles. The van der Waals surface area contributed by atoms with Crippen molar-refractivity contribution in [2.75, 3.05) is 26.7 Å². The van der Waals surface area contributed by atoms with Crippen molar-refractivity contribution in [3.8, 4) is 0 Å². The van der Waals surface area contributed by atoms with Crippen LogP contribution < -0.4 is 11.1 Å². The van der Waals surface area contributed by atoms with Gasteiger partial charge in [0.25, 0.3) is 0 Å². The lowest BCUT2D eigenvalue weighted by Gasteiger charge is -2.31. The molecule has 1 saturated carbocycles. The van der Waals surface area contributed by atoms with Crippen molar-refractivity contribution in [2.24, 2.45) is 17.6 Å². The van der Waals surface area contributed by atoms with Gasteiger partial charge in [-0.2, -0.15) is 0 Å². The Labute approximate surface area is 97.6 Å². The van der Waals surface area contributed by atoms with Crippen LogP contribution in [0.15, 0.2) is 0 Å². The molecule has 0 aromatic heterocycles. The summed E-state index contributed by atoms with van der Waals surface area (Å²) >= 11 is 0. The maximum atomic E-state index is 11.4. The SMILES string of the molecule is CNC(C)(CN1CC2CCCC2C1)C(N)=O. The minimum atomic E-state index is -0.585. The highest BCUT2D eigenvalue weighted by molar-refractivity contribution is 5.84. The minimum Gasteiger partial charge on any atom is -0.368 e. The van der Waals surface area contributed by atoms with Crippen molar-refractivity contribution in [1.82, 2.24) is 10.2 Å². The van der Waals surface area contributed by atoms with Gasteiger partial charge in [0.15, 0.2) is 0 Å². The van der Waals surface area contributed by atoms with E-state index in [9.17, 15) is 4.79 Å². The van der Waals surface area contributed by atoms with Crippen LogP contribution in [0.5, 0.6) is 0 Å². The predicted octanol–water partition coefficient (Wildman–Crippen LogP) is 0.182. The molecule has 1 amide bonds. The Kier molecular flexibility index (Phi) is 3.22. The van der Waals surface area contributed by atoms with E-state index in [1.165, 1.54) is 19.3 Å². The molecule has 1 aliphatic carbocycles. The Morgan fingerprint density at radius 2 is 2.00 bits per heavy atom. The second-order valence-corrected chi connectivity index (χ2v) is 5.59. The molecule has 1 saturated heterocycles. The number of primary amides is 1. The van der Waals surface area contributed by atoms with Gasteiger partial charge in [-0.25, -0.2) is 0 Å². The molecule has 3 N–H and O–H groups in total. The molecule has 2 aliphatic rings. The number of hydrogen-bond acceptors (Lipinski definition) is 3. The van der Waals surface area contributed by atoms with Crippen molar-refractivity contribution in [2.45, 2.75) is 31.7 Å². The van der Waals surface area contributed by atoms with E-state index in [1.807, 2.05) is 14.0 Å². The van der Waals surface area contributed by atoms with Crippen molar-refractivity contribution in [1.29, 1.82) is 0 Å². The molecule has 0 aromatic rings. The molecule has 0 radical (unpaired) electrons. The third-order valence-corrected chi connectivity index (χ3v) is 4.44. The van der Waals surface area contributed by atoms with E-state index in [4.69, 9.17) is 5.73 Å². The molecule has 92 valence electrons. The summed E-state index contributed by atoms with van der Waals surface area (Å²) in [5.41, 5.74) is 4.86. The van der Waals surface area contributed by atoms with E-state index in [1.54, 1.807) is 0 Å². The largest absolute Gasteiger partial charge is 0.368 e. The van der Waals surface area contributed by atoms with Crippen LogP contribution in [0.4, 0.5) is 0 Å². The monoisotopic (exact) mass is 225 g/mol. The van der Waals surface area contributed by atoms with Crippen LogP contribution in [0.3, 0.4) is 0 Å². The van der Waals surface area contributed by atoms with E-state index in [0.29, 0.717) is 0 Å². The number of carbonyl (C=O) groups excluding carboxylic acids is 1. The predicted molar refractivity (Wildman–Crippen MR) is 63.9 cm³/mol. The zero-order valence-corrected chi connectivity index (χ0v) is 10.3. The van der Waals surface area contributed by atoms with Gasteiger partial charge in [0, 0.05) is 19.6 Å². The normalized spacial score (nSPS) is 33.6. The third kappa shape index (κ3) is 2.09. The molecule has 16 heavy (non-hydrogen) atoms. The third-order valence-electron chi connectivity index (χ3n) is 4.44. The van der Waals surface area contributed by atoms with Gasteiger partial charge < -0.3 is 16.0 Å². The average Bonchev–Trinajstić information content (AvgIpc) is 2.77. The van der Waals surface area contributed by atoms with E-state index < -0.39 is 5.54 Å². The van der Waals surface area contributed by atoms with Gasteiger partial charge >= 0.3 is 0 Å². The molecule has 2 fully saturated rings. The first kappa shape index (κ1) is 11.9. The Morgan fingerprint density at radius 3 is 2.44 bits per heavy atom. The maximum Gasteiger partial charge on any atom is 0.238 e. The van der Waals surface area contributed by atoms with Crippen molar-refractivity contribution < 1.29 is 4.79 Å². The summed E-state index contributed by atoms with van der Waals surface area (Å²) in [4.78, 5) is 13.8. The van der Waals surface area contributed by atoms with Crippen molar-refractivity contribution in [3.05, 3.63) is 0 Å². The molecular weight excluding hydrogens is 202 g/mol. The number of carbonyl (C=O) groups is 1. The Hall–Kier alpha value is -0.610. The summed E-state index contributed by atoms with van der Waals surface area (Å²) in [6, 6.07) is 0. The van der Waals surface area contributed by atoms with Gasteiger partial charge in [0.1, 0.15) is 5.54 Å². The molecular formula is C12H23N3O. The first-order valence-electron chi connectivity index (χ1n) is 6.26. The standard InChI is InChI=1S/C12H23N3O/c1-12(14-2,11(13)16)8-15-6-9-4-3-5-10(9)7-15/h9-10,14H,3-8H2,1-2H3,(H2,13,16). The quantitative estimate of drug-likeness (QED) is 0.717.